The Morgan fingerprint density at radius 1 is 1.21 bits per heavy atom. The van der Waals surface area contributed by atoms with Gasteiger partial charge in [-0.05, 0) is 49.1 Å². The molecule has 1 saturated heterocycles. The highest BCUT2D eigenvalue weighted by Crippen LogP contribution is 2.25. The van der Waals surface area contributed by atoms with Crippen molar-refractivity contribution in [1.29, 1.82) is 0 Å². The molecule has 8 nitrogen and oxygen atoms in total. The number of hydrogen-bond donors (Lipinski definition) is 3. The summed E-state index contributed by atoms with van der Waals surface area (Å²) in [7, 11) is -3.87. The van der Waals surface area contributed by atoms with Crippen molar-refractivity contribution in [3.05, 3.63) is 71.7 Å². The average molecular weight is 485 g/mol. The largest absolute Gasteiger partial charge is 0.363 e. The molecule has 0 bridgehead atoms. The molecule has 2 heterocycles. The van der Waals surface area contributed by atoms with Crippen LogP contribution in [0, 0.1) is 18.7 Å². The zero-order valence-corrected chi connectivity index (χ0v) is 20.0. The van der Waals surface area contributed by atoms with Crippen LogP contribution < -0.4 is 15.8 Å². The molecule has 4 rings (SSSR count). The summed E-state index contributed by atoms with van der Waals surface area (Å²) in [6.07, 6.45) is 2.09. The molecule has 34 heavy (non-hydrogen) atoms. The molecule has 0 amide bonds. The summed E-state index contributed by atoms with van der Waals surface area (Å²) in [5.41, 5.74) is 2.21. The number of rotatable bonds is 7. The van der Waals surface area contributed by atoms with E-state index in [9.17, 15) is 12.8 Å². The fraction of sp³-hybridized carbons (Fsp3) is 0.333. The SMILES string of the molecule is Cc1ccc(Nc2ncc(F)c(NC3CN(Cc4ccccc4)CCC3C)n2)cc1S(N)(=O)=O. The van der Waals surface area contributed by atoms with Crippen LogP contribution in [0.15, 0.2) is 59.6 Å². The molecule has 0 saturated carbocycles. The van der Waals surface area contributed by atoms with E-state index in [2.05, 4.69) is 44.6 Å². The number of aryl methyl sites for hydroxylation is 1. The molecular weight excluding hydrogens is 455 g/mol. The summed E-state index contributed by atoms with van der Waals surface area (Å²) < 4.78 is 38.2. The summed E-state index contributed by atoms with van der Waals surface area (Å²) >= 11 is 0. The van der Waals surface area contributed by atoms with Crippen molar-refractivity contribution in [2.24, 2.45) is 11.1 Å². The zero-order valence-electron chi connectivity index (χ0n) is 19.2. The fourth-order valence-corrected chi connectivity index (χ4v) is 4.94. The highest BCUT2D eigenvalue weighted by atomic mass is 32.2. The molecule has 1 fully saturated rings. The maximum atomic E-state index is 14.6. The second-order valence-electron chi connectivity index (χ2n) is 8.78. The Balaban J connectivity index is 1.49. The first kappa shape index (κ1) is 24.1. The number of halogens is 1. The van der Waals surface area contributed by atoms with Crippen LogP contribution in [0.2, 0.25) is 0 Å². The molecule has 1 aromatic heterocycles. The maximum absolute atomic E-state index is 14.6. The molecule has 180 valence electrons. The molecule has 3 aromatic rings. The number of aromatic nitrogens is 2. The van der Waals surface area contributed by atoms with E-state index >= 15 is 0 Å². The molecular formula is C24H29FN6O2S. The average Bonchev–Trinajstić information content (AvgIpc) is 2.79. The summed E-state index contributed by atoms with van der Waals surface area (Å²) in [4.78, 5) is 10.7. The van der Waals surface area contributed by atoms with E-state index in [-0.39, 0.29) is 22.7 Å². The quantitative estimate of drug-likeness (QED) is 0.469. The maximum Gasteiger partial charge on any atom is 0.238 e. The van der Waals surface area contributed by atoms with Gasteiger partial charge in [0, 0.05) is 24.8 Å². The summed E-state index contributed by atoms with van der Waals surface area (Å²) in [6.45, 7) is 6.39. The van der Waals surface area contributed by atoms with Gasteiger partial charge in [-0.2, -0.15) is 4.98 Å². The van der Waals surface area contributed by atoms with Crippen LogP contribution in [0.1, 0.15) is 24.5 Å². The summed E-state index contributed by atoms with van der Waals surface area (Å²) in [5.74, 6) is 0.0479. The lowest BCUT2D eigenvalue weighted by atomic mass is 9.93. The van der Waals surface area contributed by atoms with Gasteiger partial charge in [0.1, 0.15) is 0 Å². The molecule has 4 N–H and O–H groups in total. The Morgan fingerprint density at radius 3 is 2.71 bits per heavy atom. The van der Waals surface area contributed by atoms with Gasteiger partial charge in [-0.25, -0.2) is 22.9 Å². The first-order valence-electron chi connectivity index (χ1n) is 11.1. The van der Waals surface area contributed by atoms with Gasteiger partial charge in [0.2, 0.25) is 16.0 Å². The third-order valence-electron chi connectivity index (χ3n) is 6.11. The molecule has 1 aliphatic rings. The predicted octanol–water partition coefficient (Wildman–Crippen LogP) is 3.64. The van der Waals surface area contributed by atoms with Gasteiger partial charge in [-0.3, -0.25) is 4.90 Å². The van der Waals surface area contributed by atoms with Crippen LogP contribution >= 0.6 is 0 Å². The number of nitrogens with zero attached hydrogens (tertiary/aromatic N) is 3. The van der Waals surface area contributed by atoms with Crippen molar-refractivity contribution in [3.63, 3.8) is 0 Å². The van der Waals surface area contributed by atoms with Crippen LogP contribution in [-0.2, 0) is 16.6 Å². The Morgan fingerprint density at radius 2 is 1.97 bits per heavy atom. The number of primary sulfonamides is 1. The van der Waals surface area contributed by atoms with E-state index in [4.69, 9.17) is 5.14 Å². The molecule has 2 aromatic carbocycles. The second kappa shape index (κ2) is 10.0. The van der Waals surface area contributed by atoms with E-state index in [0.29, 0.717) is 17.2 Å². The molecule has 0 spiro atoms. The molecule has 2 atom stereocenters. The van der Waals surface area contributed by atoms with Gasteiger partial charge >= 0.3 is 0 Å². The minimum atomic E-state index is -3.87. The monoisotopic (exact) mass is 484 g/mol. The van der Waals surface area contributed by atoms with Gasteiger partial charge in [-0.1, -0.05) is 43.3 Å². The predicted molar refractivity (Wildman–Crippen MR) is 131 cm³/mol. The van der Waals surface area contributed by atoms with Crippen molar-refractivity contribution >= 4 is 27.5 Å². The standard InChI is InChI=1S/C24H29FN6O2S/c1-16-10-11-31(14-18-6-4-3-5-7-18)15-21(16)29-23-20(25)13-27-24(30-23)28-19-9-8-17(2)22(12-19)34(26,32)33/h3-9,12-13,16,21H,10-11,14-15H2,1-2H3,(H2,26,32,33)(H2,27,28,29,30). The van der Waals surface area contributed by atoms with Crippen molar-refractivity contribution in [2.45, 2.75) is 37.8 Å². The highest BCUT2D eigenvalue weighted by Gasteiger charge is 2.27. The third kappa shape index (κ3) is 5.88. The van der Waals surface area contributed by atoms with Crippen molar-refractivity contribution < 1.29 is 12.8 Å². The molecule has 2 unspecified atom stereocenters. The van der Waals surface area contributed by atoms with E-state index < -0.39 is 15.8 Å². The first-order valence-corrected chi connectivity index (χ1v) is 12.7. The lowest BCUT2D eigenvalue weighted by Gasteiger charge is -2.37. The Kier molecular flexibility index (Phi) is 7.11. The van der Waals surface area contributed by atoms with E-state index in [0.717, 1.165) is 32.3 Å². The van der Waals surface area contributed by atoms with Gasteiger partial charge in [0.15, 0.2) is 11.6 Å². The van der Waals surface area contributed by atoms with Gasteiger partial charge in [-0.15, -0.1) is 0 Å². The fourth-order valence-electron chi connectivity index (χ4n) is 4.13. The number of likely N-dealkylation sites (tertiary alicyclic amines) is 1. The topological polar surface area (TPSA) is 113 Å². The minimum absolute atomic E-state index is 0.00694. The van der Waals surface area contributed by atoms with E-state index in [1.807, 2.05) is 18.2 Å². The molecule has 0 radical (unpaired) electrons. The van der Waals surface area contributed by atoms with E-state index in [1.54, 1.807) is 19.1 Å². The first-order chi connectivity index (χ1) is 16.2. The normalized spacial score (nSPS) is 19.1. The lowest BCUT2D eigenvalue weighted by molar-refractivity contribution is 0.170. The van der Waals surface area contributed by atoms with Gasteiger partial charge in [0.25, 0.3) is 0 Å². The minimum Gasteiger partial charge on any atom is -0.363 e. The lowest BCUT2D eigenvalue weighted by Crippen LogP contribution is -2.46. The Labute approximate surface area is 199 Å². The molecule has 10 heteroatoms. The Bertz CT molecular complexity index is 1260. The molecule has 0 aliphatic carbocycles. The van der Waals surface area contributed by atoms with Crippen molar-refractivity contribution in [2.75, 3.05) is 23.7 Å². The third-order valence-corrected chi connectivity index (χ3v) is 7.16. The van der Waals surface area contributed by atoms with E-state index in [1.165, 1.54) is 11.6 Å². The second-order valence-corrected chi connectivity index (χ2v) is 10.3. The zero-order chi connectivity index (χ0) is 24.3. The van der Waals surface area contributed by atoms with Crippen LogP contribution in [0.5, 0.6) is 0 Å². The van der Waals surface area contributed by atoms with Crippen LogP contribution in [0.3, 0.4) is 0 Å². The van der Waals surface area contributed by atoms with Crippen molar-refractivity contribution in [3.8, 4) is 0 Å². The van der Waals surface area contributed by atoms with Crippen molar-refractivity contribution in [1.82, 2.24) is 14.9 Å². The number of nitrogens with two attached hydrogens (primary N) is 1. The Hall–Kier alpha value is -3.08. The number of sulfonamides is 1. The number of hydrogen-bond acceptors (Lipinski definition) is 7. The number of benzene rings is 2. The van der Waals surface area contributed by atoms with Gasteiger partial charge in [0.05, 0.1) is 11.1 Å². The number of piperidine rings is 1. The summed E-state index contributed by atoms with van der Waals surface area (Å²) in [6, 6.07) is 15.0. The number of anilines is 3. The number of nitrogens with one attached hydrogen (secondary N) is 2. The van der Waals surface area contributed by atoms with Crippen LogP contribution in [-0.4, -0.2) is 42.4 Å². The summed E-state index contributed by atoms with van der Waals surface area (Å²) in [5, 5.41) is 11.5. The van der Waals surface area contributed by atoms with Gasteiger partial charge < -0.3 is 10.6 Å². The molecule has 1 aliphatic heterocycles. The smallest absolute Gasteiger partial charge is 0.238 e. The highest BCUT2D eigenvalue weighted by molar-refractivity contribution is 7.89. The van der Waals surface area contributed by atoms with Crippen LogP contribution in [0.4, 0.5) is 21.8 Å². The van der Waals surface area contributed by atoms with Crippen LogP contribution in [0.25, 0.3) is 0 Å².